The number of rotatable bonds is 8. The number of anilines is 1. The van der Waals surface area contributed by atoms with Crippen LogP contribution in [0.5, 0.6) is 11.5 Å². The van der Waals surface area contributed by atoms with Gasteiger partial charge in [0, 0.05) is 24.7 Å². The molecule has 1 heterocycles. The van der Waals surface area contributed by atoms with Gasteiger partial charge in [0.05, 0.1) is 11.9 Å². The summed E-state index contributed by atoms with van der Waals surface area (Å²) in [6.45, 7) is 1.93. The van der Waals surface area contributed by atoms with E-state index in [1.807, 2.05) is 0 Å². The quantitative estimate of drug-likeness (QED) is 0.601. The summed E-state index contributed by atoms with van der Waals surface area (Å²) in [6.07, 6.45) is 1.02. The summed E-state index contributed by atoms with van der Waals surface area (Å²) in [5.41, 5.74) is 1.00. The van der Waals surface area contributed by atoms with E-state index in [1.165, 1.54) is 18.0 Å². The minimum atomic E-state index is -3.83. The Morgan fingerprint density at radius 3 is 2.33 bits per heavy atom. The lowest BCUT2D eigenvalue weighted by atomic mass is 10.1. The lowest BCUT2D eigenvalue weighted by molar-refractivity contribution is -0.139. The van der Waals surface area contributed by atoms with Gasteiger partial charge < -0.3 is 19.7 Å². The minimum absolute atomic E-state index is 0.101. The highest BCUT2D eigenvalue weighted by atomic mass is 35.5. The van der Waals surface area contributed by atoms with E-state index >= 15 is 0 Å². The molecule has 33 heavy (non-hydrogen) atoms. The second-order valence-corrected chi connectivity index (χ2v) is 9.88. The monoisotopic (exact) mass is 495 g/mol. The Bertz CT molecular complexity index is 1120. The van der Waals surface area contributed by atoms with Crippen LogP contribution >= 0.6 is 11.6 Å². The molecule has 3 rings (SSSR count). The van der Waals surface area contributed by atoms with E-state index < -0.39 is 28.5 Å². The van der Waals surface area contributed by atoms with Crippen LogP contribution in [0.3, 0.4) is 0 Å². The first-order valence-electron chi connectivity index (χ1n) is 10.2. The van der Waals surface area contributed by atoms with Crippen LogP contribution in [0.15, 0.2) is 42.5 Å². The molecule has 0 spiro atoms. The maximum atomic E-state index is 13.4. The Kier molecular flexibility index (Phi) is 7.70. The van der Waals surface area contributed by atoms with Gasteiger partial charge in [-0.3, -0.25) is 13.9 Å². The molecular weight excluding hydrogens is 470 g/mol. The highest BCUT2D eigenvalue weighted by Crippen LogP contribution is 2.34. The van der Waals surface area contributed by atoms with Gasteiger partial charge in [0.1, 0.15) is 25.8 Å². The molecule has 0 aliphatic carbocycles. The van der Waals surface area contributed by atoms with Gasteiger partial charge in [0.15, 0.2) is 11.5 Å². The largest absolute Gasteiger partial charge is 0.486 e. The van der Waals surface area contributed by atoms with Crippen molar-refractivity contribution in [1.82, 2.24) is 10.2 Å². The Morgan fingerprint density at radius 1 is 1.09 bits per heavy atom. The molecule has 0 fully saturated rings. The van der Waals surface area contributed by atoms with Crippen LogP contribution in [0.1, 0.15) is 12.5 Å². The van der Waals surface area contributed by atoms with Crippen LogP contribution in [0, 0.1) is 0 Å². The van der Waals surface area contributed by atoms with E-state index in [-0.39, 0.29) is 18.1 Å². The predicted molar refractivity (Wildman–Crippen MR) is 125 cm³/mol. The van der Waals surface area contributed by atoms with Gasteiger partial charge in [0.2, 0.25) is 21.8 Å². The van der Waals surface area contributed by atoms with Crippen molar-refractivity contribution in [1.29, 1.82) is 0 Å². The smallest absolute Gasteiger partial charge is 0.244 e. The Balaban J connectivity index is 1.91. The molecule has 1 aliphatic heterocycles. The standard InChI is InChI=1S/C22H26ClN3O6S/c1-15(22(28)24-2)25(13-16-4-6-17(23)7-5-16)21(27)14-26(33(3,29)30)18-8-9-19-20(12-18)32-11-10-31-19/h4-9,12,15H,10-11,13-14H2,1-3H3,(H,24,28)/t15-/m0/s1. The van der Waals surface area contributed by atoms with Crippen molar-refractivity contribution in [2.45, 2.75) is 19.5 Å². The summed E-state index contributed by atoms with van der Waals surface area (Å²) in [5.74, 6) is -0.0112. The Labute approximate surface area is 198 Å². The summed E-state index contributed by atoms with van der Waals surface area (Å²) in [7, 11) is -2.36. The van der Waals surface area contributed by atoms with E-state index in [0.717, 1.165) is 16.1 Å². The molecule has 0 unspecified atom stereocenters. The molecule has 2 aromatic carbocycles. The van der Waals surface area contributed by atoms with Gasteiger partial charge in [-0.05, 0) is 36.8 Å². The molecule has 1 N–H and O–H groups in total. The molecule has 9 nitrogen and oxygen atoms in total. The van der Waals surface area contributed by atoms with E-state index in [9.17, 15) is 18.0 Å². The fraction of sp³-hybridized carbons (Fsp3) is 0.364. The van der Waals surface area contributed by atoms with Crippen molar-refractivity contribution in [3.63, 3.8) is 0 Å². The summed E-state index contributed by atoms with van der Waals surface area (Å²) >= 11 is 5.95. The minimum Gasteiger partial charge on any atom is -0.486 e. The number of halogens is 1. The third kappa shape index (κ3) is 6.08. The molecule has 0 aromatic heterocycles. The molecule has 0 radical (unpaired) electrons. The maximum Gasteiger partial charge on any atom is 0.244 e. The number of ether oxygens (including phenoxy) is 2. The normalized spacial score (nSPS) is 13.7. The third-order valence-corrected chi connectivity index (χ3v) is 6.57. The lowest BCUT2D eigenvalue weighted by Crippen LogP contribution is -2.50. The Hall–Kier alpha value is -2.98. The zero-order valence-corrected chi connectivity index (χ0v) is 20.1. The molecule has 0 bridgehead atoms. The van der Waals surface area contributed by atoms with Crippen LogP contribution in [-0.2, 0) is 26.2 Å². The molecule has 2 amide bonds. The topological polar surface area (TPSA) is 105 Å². The number of benzene rings is 2. The van der Waals surface area contributed by atoms with Crippen molar-refractivity contribution in [2.75, 3.05) is 37.4 Å². The zero-order valence-electron chi connectivity index (χ0n) is 18.6. The van der Waals surface area contributed by atoms with E-state index in [4.69, 9.17) is 21.1 Å². The molecule has 11 heteroatoms. The number of sulfonamides is 1. The average Bonchev–Trinajstić information content (AvgIpc) is 2.80. The molecule has 1 atom stereocenters. The zero-order chi connectivity index (χ0) is 24.2. The molecule has 1 aliphatic rings. The fourth-order valence-electron chi connectivity index (χ4n) is 3.38. The van der Waals surface area contributed by atoms with Crippen LogP contribution in [0.25, 0.3) is 0 Å². The van der Waals surface area contributed by atoms with Crippen LogP contribution in [0.4, 0.5) is 5.69 Å². The molecule has 0 saturated carbocycles. The molecule has 2 aromatic rings. The third-order valence-electron chi connectivity index (χ3n) is 5.17. The first kappa shape index (κ1) is 24.7. The number of carbonyl (C=O) groups is 2. The van der Waals surface area contributed by atoms with Crippen molar-refractivity contribution < 1.29 is 27.5 Å². The van der Waals surface area contributed by atoms with Gasteiger partial charge in [-0.15, -0.1) is 0 Å². The molecular formula is C22H26ClN3O6S. The van der Waals surface area contributed by atoms with Crippen molar-refractivity contribution in [3.05, 3.63) is 53.1 Å². The van der Waals surface area contributed by atoms with Gasteiger partial charge in [-0.25, -0.2) is 8.42 Å². The van der Waals surface area contributed by atoms with Gasteiger partial charge >= 0.3 is 0 Å². The number of carbonyl (C=O) groups excluding carboxylic acids is 2. The first-order valence-corrected chi connectivity index (χ1v) is 12.5. The lowest BCUT2D eigenvalue weighted by Gasteiger charge is -2.31. The van der Waals surface area contributed by atoms with Crippen molar-refractivity contribution in [2.24, 2.45) is 0 Å². The summed E-state index contributed by atoms with van der Waals surface area (Å²) in [4.78, 5) is 27.0. The van der Waals surface area contributed by atoms with E-state index in [0.29, 0.717) is 29.7 Å². The maximum absolute atomic E-state index is 13.4. The number of likely N-dealkylation sites (N-methyl/N-ethyl adjacent to an activating group) is 1. The highest BCUT2D eigenvalue weighted by Gasteiger charge is 2.30. The SMILES string of the molecule is CNC(=O)[C@H](C)N(Cc1ccc(Cl)cc1)C(=O)CN(c1ccc2c(c1)OCCO2)S(C)(=O)=O. The second kappa shape index (κ2) is 10.3. The Morgan fingerprint density at radius 2 is 1.73 bits per heavy atom. The summed E-state index contributed by atoms with van der Waals surface area (Å²) in [6, 6.07) is 10.7. The van der Waals surface area contributed by atoms with Crippen LogP contribution < -0.4 is 19.1 Å². The van der Waals surface area contributed by atoms with Crippen molar-refractivity contribution >= 4 is 39.1 Å². The van der Waals surface area contributed by atoms with Crippen LogP contribution in [-0.4, -0.2) is 64.2 Å². The number of amides is 2. The average molecular weight is 496 g/mol. The van der Waals surface area contributed by atoms with Gasteiger partial charge in [-0.1, -0.05) is 23.7 Å². The van der Waals surface area contributed by atoms with Crippen molar-refractivity contribution in [3.8, 4) is 11.5 Å². The van der Waals surface area contributed by atoms with E-state index in [2.05, 4.69) is 5.32 Å². The highest BCUT2D eigenvalue weighted by molar-refractivity contribution is 7.92. The number of hydrogen-bond donors (Lipinski definition) is 1. The predicted octanol–water partition coefficient (Wildman–Crippen LogP) is 2.04. The number of hydrogen-bond acceptors (Lipinski definition) is 6. The molecule has 0 saturated heterocycles. The number of nitrogens with zero attached hydrogens (tertiary/aromatic N) is 2. The summed E-state index contributed by atoms with van der Waals surface area (Å²) in [5, 5.41) is 3.07. The fourth-order valence-corrected chi connectivity index (χ4v) is 4.35. The second-order valence-electron chi connectivity index (χ2n) is 7.54. The summed E-state index contributed by atoms with van der Waals surface area (Å²) < 4.78 is 37.2. The van der Waals surface area contributed by atoms with Crippen LogP contribution in [0.2, 0.25) is 5.02 Å². The number of fused-ring (bicyclic) bond motifs is 1. The molecule has 178 valence electrons. The van der Waals surface area contributed by atoms with Gasteiger partial charge in [-0.2, -0.15) is 0 Å². The van der Waals surface area contributed by atoms with Gasteiger partial charge in [0.25, 0.3) is 0 Å². The van der Waals surface area contributed by atoms with E-state index in [1.54, 1.807) is 43.3 Å². The first-order chi connectivity index (χ1) is 15.6. The number of nitrogens with one attached hydrogen (secondary N) is 1.